The predicted molar refractivity (Wildman–Crippen MR) is 92.7 cm³/mol. The summed E-state index contributed by atoms with van der Waals surface area (Å²) in [6.45, 7) is 0. The number of nitrogens with zero attached hydrogens (tertiary/aromatic N) is 1. The van der Waals surface area contributed by atoms with E-state index in [9.17, 15) is 4.79 Å². The summed E-state index contributed by atoms with van der Waals surface area (Å²) < 4.78 is 6.74. The molecule has 4 nitrogen and oxygen atoms in total. The molecule has 1 fully saturated rings. The van der Waals surface area contributed by atoms with Gasteiger partial charge in [0.15, 0.2) is 0 Å². The zero-order chi connectivity index (χ0) is 15.4. The van der Waals surface area contributed by atoms with E-state index in [4.69, 9.17) is 4.74 Å². The summed E-state index contributed by atoms with van der Waals surface area (Å²) in [7, 11) is 0. The lowest BCUT2D eigenvalue weighted by atomic mass is 10.2. The Balaban J connectivity index is 1.61. The Labute approximate surface area is 141 Å². The Hall–Kier alpha value is -1.53. The van der Waals surface area contributed by atoms with Crippen molar-refractivity contribution in [3.8, 4) is 5.88 Å². The molecule has 0 radical (unpaired) electrons. The van der Waals surface area contributed by atoms with Crippen LogP contribution in [0.2, 0.25) is 0 Å². The second-order valence-corrected chi connectivity index (χ2v) is 7.02. The standard InChI is InChI=1S/C16H15BrN2O2S/c17-12-2-4-13(5-3-12)19-16(20)11-1-6-15(18-9-11)21-14-7-8-22-10-14/h1-6,9,14H,7-8,10H2,(H,19,20). The van der Waals surface area contributed by atoms with Gasteiger partial charge in [-0.2, -0.15) is 11.8 Å². The molecule has 1 aromatic heterocycles. The molecule has 22 heavy (non-hydrogen) atoms. The van der Waals surface area contributed by atoms with Gasteiger partial charge in [0, 0.05) is 28.2 Å². The molecule has 1 amide bonds. The van der Waals surface area contributed by atoms with Crippen LogP contribution in [0.4, 0.5) is 5.69 Å². The molecule has 2 aromatic rings. The highest BCUT2D eigenvalue weighted by atomic mass is 79.9. The van der Waals surface area contributed by atoms with E-state index in [-0.39, 0.29) is 12.0 Å². The van der Waals surface area contributed by atoms with E-state index in [1.807, 2.05) is 36.0 Å². The Bertz CT molecular complexity index is 640. The smallest absolute Gasteiger partial charge is 0.257 e. The van der Waals surface area contributed by atoms with Gasteiger partial charge >= 0.3 is 0 Å². The first-order valence-electron chi connectivity index (χ1n) is 6.98. The maximum absolute atomic E-state index is 12.1. The SMILES string of the molecule is O=C(Nc1ccc(Br)cc1)c1ccc(OC2CCSC2)nc1. The summed E-state index contributed by atoms with van der Waals surface area (Å²) in [5.41, 5.74) is 1.26. The number of carbonyl (C=O) groups is 1. The van der Waals surface area contributed by atoms with Crippen molar-refractivity contribution in [2.75, 3.05) is 16.8 Å². The summed E-state index contributed by atoms with van der Waals surface area (Å²) in [5.74, 6) is 2.54. The van der Waals surface area contributed by atoms with Gasteiger partial charge in [-0.05, 0) is 42.5 Å². The highest BCUT2D eigenvalue weighted by Crippen LogP contribution is 2.22. The molecule has 1 aromatic carbocycles. The van der Waals surface area contributed by atoms with Crippen LogP contribution in [0, 0.1) is 0 Å². The van der Waals surface area contributed by atoms with E-state index in [1.165, 1.54) is 0 Å². The van der Waals surface area contributed by atoms with Crippen LogP contribution in [-0.4, -0.2) is 28.5 Å². The number of halogens is 1. The Morgan fingerprint density at radius 2 is 2.09 bits per heavy atom. The van der Waals surface area contributed by atoms with Crippen molar-refractivity contribution in [1.29, 1.82) is 0 Å². The van der Waals surface area contributed by atoms with Crippen LogP contribution < -0.4 is 10.1 Å². The molecular weight excluding hydrogens is 364 g/mol. The first kappa shape index (κ1) is 15.4. The average molecular weight is 379 g/mol. The number of thioether (sulfide) groups is 1. The minimum Gasteiger partial charge on any atom is -0.473 e. The van der Waals surface area contributed by atoms with Gasteiger partial charge in [0.1, 0.15) is 6.10 Å². The molecule has 1 saturated heterocycles. The van der Waals surface area contributed by atoms with Crippen LogP contribution in [0.1, 0.15) is 16.8 Å². The number of aromatic nitrogens is 1. The molecule has 114 valence electrons. The van der Waals surface area contributed by atoms with Crippen molar-refractivity contribution in [1.82, 2.24) is 4.98 Å². The third-order valence-electron chi connectivity index (χ3n) is 3.28. The van der Waals surface area contributed by atoms with Crippen molar-refractivity contribution in [2.45, 2.75) is 12.5 Å². The lowest BCUT2D eigenvalue weighted by Gasteiger charge is -2.11. The van der Waals surface area contributed by atoms with Crippen molar-refractivity contribution in [3.05, 3.63) is 52.6 Å². The third-order valence-corrected chi connectivity index (χ3v) is 4.94. The fourth-order valence-corrected chi connectivity index (χ4v) is 3.46. The molecular formula is C16H15BrN2O2S. The first-order chi connectivity index (χ1) is 10.7. The van der Waals surface area contributed by atoms with Crippen LogP contribution in [0.25, 0.3) is 0 Å². The number of pyridine rings is 1. The second kappa shape index (κ2) is 7.15. The van der Waals surface area contributed by atoms with Crippen LogP contribution in [0.3, 0.4) is 0 Å². The second-order valence-electron chi connectivity index (χ2n) is 4.95. The van der Waals surface area contributed by atoms with E-state index >= 15 is 0 Å². The quantitative estimate of drug-likeness (QED) is 0.873. The first-order valence-corrected chi connectivity index (χ1v) is 8.93. The number of benzene rings is 1. The minimum atomic E-state index is -0.183. The van der Waals surface area contributed by atoms with E-state index in [2.05, 4.69) is 26.2 Å². The predicted octanol–water partition coefficient (Wildman–Crippen LogP) is 3.98. The maximum Gasteiger partial charge on any atom is 0.257 e. The summed E-state index contributed by atoms with van der Waals surface area (Å²) in [4.78, 5) is 16.4. The maximum atomic E-state index is 12.1. The highest BCUT2D eigenvalue weighted by Gasteiger charge is 2.17. The number of anilines is 1. The van der Waals surface area contributed by atoms with Gasteiger partial charge in [0.05, 0.1) is 5.56 Å². The van der Waals surface area contributed by atoms with Gasteiger partial charge in [-0.15, -0.1) is 0 Å². The summed E-state index contributed by atoms with van der Waals surface area (Å²) in [6.07, 6.45) is 2.84. The van der Waals surface area contributed by atoms with Gasteiger partial charge in [-0.1, -0.05) is 15.9 Å². The lowest BCUT2D eigenvalue weighted by Crippen LogP contribution is -2.16. The molecule has 6 heteroatoms. The van der Waals surface area contributed by atoms with E-state index in [0.29, 0.717) is 11.4 Å². The van der Waals surface area contributed by atoms with Gasteiger partial charge in [0.2, 0.25) is 5.88 Å². The van der Waals surface area contributed by atoms with Gasteiger partial charge in [-0.3, -0.25) is 4.79 Å². The van der Waals surface area contributed by atoms with Crippen LogP contribution in [-0.2, 0) is 0 Å². The monoisotopic (exact) mass is 378 g/mol. The van der Waals surface area contributed by atoms with E-state index in [0.717, 1.165) is 28.1 Å². The third kappa shape index (κ3) is 4.01. The fraction of sp³-hybridized carbons (Fsp3) is 0.250. The van der Waals surface area contributed by atoms with Crippen LogP contribution in [0.15, 0.2) is 47.1 Å². The molecule has 0 saturated carbocycles. The highest BCUT2D eigenvalue weighted by molar-refractivity contribution is 9.10. The largest absolute Gasteiger partial charge is 0.473 e. The summed E-state index contributed by atoms with van der Waals surface area (Å²) >= 11 is 5.25. The molecule has 2 heterocycles. The van der Waals surface area contributed by atoms with Crippen LogP contribution in [0.5, 0.6) is 5.88 Å². The number of rotatable bonds is 4. The summed E-state index contributed by atoms with van der Waals surface area (Å²) in [5, 5.41) is 2.83. The normalized spacial score (nSPS) is 17.2. The molecule has 1 atom stereocenters. The van der Waals surface area contributed by atoms with Crippen molar-refractivity contribution in [3.63, 3.8) is 0 Å². The number of hydrogen-bond donors (Lipinski definition) is 1. The van der Waals surface area contributed by atoms with Crippen LogP contribution >= 0.6 is 27.7 Å². The lowest BCUT2D eigenvalue weighted by molar-refractivity contribution is 0.102. The number of carbonyl (C=O) groups excluding carboxylic acids is 1. The van der Waals surface area contributed by atoms with Gasteiger partial charge < -0.3 is 10.1 Å². The zero-order valence-corrected chi connectivity index (χ0v) is 14.2. The molecule has 0 bridgehead atoms. The Morgan fingerprint density at radius 1 is 1.27 bits per heavy atom. The fourth-order valence-electron chi connectivity index (χ4n) is 2.10. The number of ether oxygens (including phenoxy) is 1. The van der Waals surface area contributed by atoms with Crippen molar-refractivity contribution in [2.24, 2.45) is 0 Å². The molecule has 1 N–H and O–H groups in total. The zero-order valence-electron chi connectivity index (χ0n) is 11.8. The Morgan fingerprint density at radius 3 is 2.73 bits per heavy atom. The summed E-state index contributed by atoms with van der Waals surface area (Å²) in [6, 6.07) is 10.9. The van der Waals surface area contributed by atoms with E-state index in [1.54, 1.807) is 18.3 Å². The van der Waals surface area contributed by atoms with Gasteiger partial charge in [-0.25, -0.2) is 4.98 Å². The molecule has 1 unspecified atom stereocenters. The topological polar surface area (TPSA) is 51.2 Å². The number of amides is 1. The molecule has 0 aliphatic carbocycles. The molecule has 1 aliphatic heterocycles. The Kier molecular flexibility index (Phi) is 5.00. The van der Waals surface area contributed by atoms with Crippen molar-refractivity contribution < 1.29 is 9.53 Å². The molecule has 1 aliphatic rings. The van der Waals surface area contributed by atoms with Crippen molar-refractivity contribution >= 4 is 39.3 Å². The van der Waals surface area contributed by atoms with Gasteiger partial charge in [0.25, 0.3) is 5.91 Å². The van der Waals surface area contributed by atoms with E-state index < -0.39 is 0 Å². The minimum absolute atomic E-state index is 0.183. The average Bonchev–Trinajstić information content (AvgIpc) is 3.03. The number of nitrogens with one attached hydrogen (secondary N) is 1. The number of hydrogen-bond acceptors (Lipinski definition) is 4. The molecule has 3 rings (SSSR count). The molecule has 0 spiro atoms.